The van der Waals surface area contributed by atoms with Gasteiger partial charge >= 0.3 is 6.36 Å². The van der Waals surface area contributed by atoms with Crippen molar-refractivity contribution >= 4 is 12.6 Å². The maximum absolute atomic E-state index is 12.8. The highest BCUT2D eigenvalue weighted by Crippen LogP contribution is 2.36. The third-order valence-corrected chi connectivity index (χ3v) is 4.65. The van der Waals surface area contributed by atoms with Crippen LogP contribution >= 0.6 is 0 Å². The molecule has 8 heteroatoms. The fourth-order valence-corrected chi connectivity index (χ4v) is 2.82. The molecule has 0 spiro atoms. The van der Waals surface area contributed by atoms with Gasteiger partial charge in [-0.1, -0.05) is 17.7 Å². The van der Waals surface area contributed by atoms with Crippen molar-refractivity contribution in [2.75, 3.05) is 0 Å². The zero-order valence-electron chi connectivity index (χ0n) is 17.0. The first-order valence-electron chi connectivity index (χ1n) is 9.20. The summed E-state index contributed by atoms with van der Waals surface area (Å²) < 4.78 is 40.5. The lowest BCUT2D eigenvalue weighted by atomic mass is 10.0. The number of allylic oxidation sites excluding steroid dienone is 1. The predicted octanol–water partition coefficient (Wildman–Crippen LogP) is 4.61. The first-order valence-corrected chi connectivity index (χ1v) is 9.20. The molecule has 1 saturated carbocycles. The van der Waals surface area contributed by atoms with Crippen LogP contribution in [-0.2, 0) is 11.3 Å². The van der Waals surface area contributed by atoms with E-state index in [2.05, 4.69) is 34.0 Å². The van der Waals surface area contributed by atoms with E-state index >= 15 is 0 Å². The summed E-state index contributed by atoms with van der Waals surface area (Å²) >= 11 is 0. The third-order valence-electron chi connectivity index (χ3n) is 4.65. The van der Waals surface area contributed by atoms with Gasteiger partial charge < -0.3 is 15.4 Å². The molecule has 0 unspecified atom stereocenters. The highest BCUT2D eigenvalue weighted by Gasteiger charge is 2.38. The van der Waals surface area contributed by atoms with Crippen molar-refractivity contribution < 1.29 is 22.7 Å². The first-order chi connectivity index (χ1) is 13.4. The molecule has 0 heterocycles. The molecule has 1 aromatic carbocycles. The van der Waals surface area contributed by atoms with Crippen LogP contribution < -0.4 is 15.4 Å². The van der Waals surface area contributed by atoms with Gasteiger partial charge in [-0.3, -0.25) is 4.79 Å². The second kappa shape index (κ2) is 8.71. The zero-order valence-corrected chi connectivity index (χ0v) is 17.0. The Morgan fingerprint density at radius 2 is 1.79 bits per heavy atom. The average Bonchev–Trinajstić information content (AvgIpc) is 3.35. The van der Waals surface area contributed by atoms with E-state index in [4.69, 9.17) is 0 Å². The highest BCUT2D eigenvalue weighted by atomic mass is 19.4. The van der Waals surface area contributed by atoms with E-state index in [0.717, 1.165) is 18.4 Å². The minimum Gasteiger partial charge on any atom is -0.406 e. The highest BCUT2D eigenvalue weighted by molar-refractivity contribution is 5.98. The van der Waals surface area contributed by atoms with Crippen LogP contribution in [0.1, 0.15) is 46.1 Å². The average molecular weight is 409 g/mol. The molecule has 1 aliphatic carbocycles. The third kappa shape index (κ3) is 6.66. The molecule has 1 fully saturated rings. The zero-order chi connectivity index (χ0) is 21.8. The molecule has 1 amide bonds. The van der Waals surface area contributed by atoms with E-state index < -0.39 is 6.36 Å². The first kappa shape index (κ1) is 22.5. The van der Waals surface area contributed by atoms with Gasteiger partial charge in [-0.25, -0.2) is 4.99 Å². The number of amides is 1. The van der Waals surface area contributed by atoms with Crippen LogP contribution in [0.4, 0.5) is 13.2 Å². The Hall–Kier alpha value is -2.77. The van der Waals surface area contributed by atoms with E-state index in [-0.39, 0.29) is 23.7 Å². The molecule has 29 heavy (non-hydrogen) atoms. The molecule has 158 valence electrons. The molecule has 0 radical (unpaired) electrons. The number of nitrogens with one attached hydrogen (secondary N) is 2. The minimum atomic E-state index is -4.74. The Labute approximate surface area is 168 Å². The molecule has 1 aromatic rings. The molecular formula is C21H26F3N3O2. The molecule has 0 saturated heterocycles. The van der Waals surface area contributed by atoms with Crippen LogP contribution in [0, 0.1) is 0 Å². The number of carbonyl (C=O) groups is 1. The van der Waals surface area contributed by atoms with Gasteiger partial charge in [0.1, 0.15) is 11.6 Å². The Balaban J connectivity index is 2.08. The van der Waals surface area contributed by atoms with Crippen molar-refractivity contribution in [1.29, 1.82) is 0 Å². The molecule has 1 aliphatic rings. The van der Waals surface area contributed by atoms with Gasteiger partial charge in [-0.05, 0) is 65.0 Å². The van der Waals surface area contributed by atoms with Gasteiger partial charge in [-0.15, -0.1) is 13.2 Å². The molecule has 0 atom stereocenters. The SMILES string of the molecule is C=N/C(NC1(C)CC1)=C(\C)C(C(=O)NCc1ccc(OC(F)(F)F)cc1)=C(C)C. The maximum Gasteiger partial charge on any atom is 0.573 e. The molecule has 5 nitrogen and oxygen atoms in total. The van der Waals surface area contributed by atoms with Crippen molar-refractivity contribution in [3.8, 4) is 5.75 Å². The van der Waals surface area contributed by atoms with Gasteiger partial charge in [0.05, 0.1) is 0 Å². The minimum absolute atomic E-state index is 0.0127. The van der Waals surface area contributed by atoms with Crippen LogP contribution in [0.2, 0.25) is 0 Å². The molecule has 0 bridgehead atoms. The number of hydrogen-bond acceptors (Lipinski definition) is 4. The lowest BCUT2D eigenvalue weighted by Gasteiger charge is -2.18. The van der Waals surface area contributed by atoms with Gasteiger partial charge in [0.2, 0.25) is 0 Å². The number of ether oxygens (including phenoxy) is 1. The summed E-state index contributed by atoms with van der Waals surface area (Å²) in [5.74, 6) is -0.0234. The molecular weight excluding hydrogens is 383 g/mol. The number of halogens is 3. The standard InChI is InChI=1S/C21H26F3N3O2/c1-13(2)17(14(3)18(25-5)27-20(4)10-11-20)19(28)26-12-15-6-8-16(9-7-15)29-21(22,23)24/h6-9,27H,5,10-12H2,1-4H3,(H,26,28)/b18-14-. The summed E-state index contributed by atoms with van der Waals surface area (Å²) in [7, 11) is 0. The lowest BCUT2D eigenvalue weighted by molar-refractivity contribution is -0.274. The summed E-state index contributed by atoms with van der Waals surface area (Å²) in [6.45, 7) is 11.3. The van der Waals surface area contributed by atoms with Gasteiger partial charge in [0.25, 0.3) is 5.91 Å². The number of benzene rings is 1. The molecule has 0 aliphatic heterocycles. The smallest absolute Gasteiger partial charge is 0.406 e. The fourth-order valence-electron chi connectivity index (χ4n) is 2.82. The Morgan fingerprint density at radius 3 is 2.24 bits per heavy atom. The number of alkyl halides is 3. The largest absolute Gasteiger partial charge is 0.573 e. The topological polar surface area (TPSA) is 62.7 Å². The van der Waals surface area contributed by atoms with Crippen molar-refractivity contribution in [2.45, 2.75) is 59.0 Å². The van der Waals surface area contributed by atoms with Gasteiger partial charge in [0, 0.05) is 23.2 Å². The van der Waals surface area contributed by atoms with Crippen molar-refractivity contribution in [2.24, 2.45) is 4.99 Å². The number of nitrogens with zero attached hydrogens (tertiary/aromatic N) is 1. The van der Waals surface area contributed by atoms with Crippen LogP contribution in [0.15, 0.2) is 51.8 Å². The molecule has 2 rings (SSSR count). The summed E-state index contributed by atoms with van der Waals surface area (Å²) in [6.07, 6.45) is -2.67. The second-order valence-corrected chi connectivity index (χ2v) is 7.57. The van der Waals surface area contributed by atoms with Crippen LogP contribution in [-0.4, -0.2) is 24.5 Å². The van der Waals surface area contributed by atoms with Crippen molar-refractivity contribution in [3.63, 3.8) is 0 Å². The number of rotatable bonds is 8. The van der Waals surface area contributed by atoms with Crippen molar-refractivity contribution in [3.05, 3.63) is 52.4 Å². The lowest BCUT2D eigenvalue weighted by Crippen LogP contribution is -2.30. The Kier molecular flexibility index (Phi) is 6.77. The van der Waals surface area contributed by atoms with E-state index in [1.807, 2.05) is 20.8 Å². The predicted molar refractivity (Wildman–Crippen MR) is 106 cm³/mol. The molecule has 0 aromatic heterocycles. The van der Waals surface area contributed by atoms with E-state index in [0.29, 0.717) is 22.5 Å². The fraction of sp³-hybridized carbons (Fsp3) is 0.429. The quantitative estimate of drug-likeness (QED) is 0.374. The summed E-state index contributed by atoms with van der Waals surface area (Å²) in [4.78, 5) is 16.8. The van der Waals surface area contributed by atoms with E-state index in [1.165, 1.54) is 24.3 Å². The number of aliphatic imine (C=N–C) groups is 1. The van der Waals surface area contributed by atoms with Crippen LogP contribution in [0.3, 0.4) is 0 Å². The van der Waals surface area contributed by atoms with Gasteiger partial charge in [-0.2, -0.15) is 0 Å². The van der Waals surface area contributed by atoms with E-state index in [1.54, 1.807) is 0 Å². The summed E-state index contributed by atoms with van der Waals surface area (Å²) in [6, 6.07) is 5.36. The Morgan fingerprint density at radius 1 is 1.21 bits per heavy atom. The second-order valence-electron chi connectivity index (χ2n) is 7.57. The maximum atomic E-state index is 12.8. The van der Waals surface area contributed by atoms with Crippen molar-refractivity contribution in [1.82, 2.24) is 10.6 Å². The Bertz CT molecular complexity index is 832. The summed E-state index contributed by atoms with van der Waals surface area (Å²) in [5.41, 5.74) is 2.65. The molecule has 2 N–H and O–H groups in total. The summed E-state index contributed by atoms with van der Waals surface area (Å²) in [5, 5.41) is 6.14. The van der Waals surface area contributed by atoms with E-state index in [9.17, 15) is 18.0 Å². The monoisotopic (exact) mass is 409 g/mol. The normalized spacial score (nSPS) is 15.7. The number of hydrogen-bond donors (Lipinski definition) is 2. The number of carbonyl (C=O) groups excluding carboxylic acids is 1. The van der Waals surface area contributed by atoms with Crippen LogP contribution in [0.5, 0.6) is 5.75 Å². The van der Waals surface area contributed by atoms with Crippen LogP contribution in [0.25, 0.3) is 0 Å². The van der Waals surface area contributed by atoms with Gasteiger partial charge in [0.15, 0.2) is 0 Å².